The van der Waals surface area contributed by atoms with Crippen molar-refractivity contribution < 1.29 is 4.74 Å². The smallest absolute Gasteiger partial charge is 0.133 e. The van der Waals surface area contributed by atoms with Crippen LogP contribution in [0.2, 0.25) is 0 Å². The molecule has 2 rings (SSSR count). The highest BCUT2D eigenvalue weighted by molar-refractivity contribution is 9.10. The highest BCUT2D eigenvalue weighted by atomic mass is 79.9. The van der Waals surface area contributed by atoms with Gasteiger partial charge in [0, 0.05) is 6.54 Å². The molecule has 1 N–H and O–H groups in total. The van der Waals surface area contributed by atoms with Gasteiger partial charge >= 0.3 is 0 Å². The highest BCUT2D eigenvalue weighted by Crippen LogP contribution is 2.27. The van der Waals surface area contributed by atoms with Crippen molar-refractivity contribution in [1.29, 1.82) is 0 Å². The standard InChI is InChI=1S/C11H14BrNO/c1-8-2-3-11(10(12)6-8)14-9-4-5-13-7-9/h2-3,6,9,13H,4-5,7H2,1H3/t9-/m1/s1. The van der Waals surface area contributed by atoms with Gasteiger partial charge in [-0.25, -0.2) is 0 Å². The Morgan fingerprint density at radius 1 is 1.50 bits per heavy atom. The van der Waals surface area contributed by atoms with Gasteiger partial charge in [-0.2, -0.15) is 0 Å². The van der Waals surface area contributed by atoms with Crippen molar-refractivity contribution in [2.45, 2.75) is 19.4 Å². The van der Waals surface area contributed by atoms with Gasteiger partial charge in [0.25, 0.3) is 0 Å². The molecule has 3 heteroatoms. The number of halogens is 1. The molecule has 0 unspecified atom stereocenters. The summed E-state index contributed by atoms with van der Waals surface area (Å²) >= 11 is 3.51. The lowest BCUT2D eigenvalue weighted by Crippen LogP contribution is -2.19. The third kappa shape index (κ3) is 2.28. The van der Waals surface area contributed by atoms with Crippen LogP contribution < -0.4 is 10.1 Å². The van der Waals surface area contributed by atoms with E-state index in [0.29, 0.717) is 6.10 Å². The first-order chi connectivity index (χ1) is 6.75. The summed E-state index contributed by atoms with van der Waals surface area (Å²) in [4.78, 5) is 0. The molecule has 14 heavy (non-hydrogen) atoms. The van der Waals surface area contributed by atoms with Crippen LogP contribution >= 0.6 is 15.9 Å². The van der Waals surface area contributed by atoms with Crippen molar-refractivity contribution in [3.63, 3.8) is 0 Å². The zero-order valence-corrected chi connectivity index (χ0v) is 9.80. The number of hydrogen-bond acceptors (Lipinski definition) is 2. The van der Waals surface area contributed by atoms with Crippen LogP contribution in [0.4, 0.5) is 0 Å². The van der Waals surface area contributed by atoms with Gasteiger partial charge in [-0.15, -0.1) is 0 Å². The molecule has 0 aliphatic carbocycles. The first-order valence-corrected chi connectivity index (χ1v) is 5.68. The zero-order chi connectivity index (χ0) is 9.97. The molecular weight excluding hydrogens is 242 g/mol. The average molecular weight is 256 g/mol. The van der Waals surface area contributed by atoms with Gasteiger partial charge in [-0.3, -0.25) is 0 Å². The lowest BCUT2D eigenvalue weighted by atomic mass is 10.2. The molecule has 0 spiro atoms. The summed E-state index contributed by atoms with van der Waals surface area (Å²) in [6.45, 7) is 4.10. The topological polar surface area (TPSA) is 21.3 Å². The van der Waals surface area contributed by atoms with Crippen LogP contribution in [-0.4, -0.2) is 19.2 Å². The number of nitrogens with one attached hydrogen (secondary N) is 1. The second kappa shape index (κ2) is 4.32. The van der Waals surface area contributed by atoms with E-state index in [9.17, 15) is 0 Å². The quantitative estimate of drug-likeness (QED) is 0.877. The summed E-state index contributed by atoms with van der Waals surface area (Å²) < 4.78 is 6.90. The van der Waals surface area contributed by atoms with E-state index >= 15 is 0 Å². The molecule has 1 fully saturated rings. The minimum absolute atomic E-state index is 0.328. The van der Waals surface area contributed by atoms with Crippen LogP contribution in [0.15, 0.2) is 22.7 Å². The molecule has 1 aliphatic heterocycles. The predicted molar refractivity (Wildman–Crippen MR) is 60.8 cm³/mol. The number of aryl methyl sites for hydroxylation is 1. The van der Waals surface area contributed by atoms with Crippen LogP contribution in [0.1, 0.15) is 12.0 Å². The van der Waals surface area contributed by atoms with Crippen molar-refractivity contribution in [2.24, 2.45) is 0 Å². The van der Waals surface area contributed by atoms with Crippen molar-refractivity contribution >= 4 is 15.9 Å². The fourth-order valence-electron chi connectivity index (χ4n) is 1.61. The van der Waals surface area contributed by atoms with E-state index in [2.05, 4.69) is 40.3 Å². The van der Waals surface area contributed by atoms with Crippen LogP contribution in [-0.2, 0) is 0 Å². The maximum atomic E-state index is 5.85. The van der Waals surface area contributed by atoms with Crippen LogP contribution in [0.25, 0.3) is 0 Å². The molecule has 0 saturated carbocycles. The predicted octanol–water partition coefficient (Wildman–Crippen LogP) is 2.50. The molecule has 1 aliphatic rings. The summed E-state index contributed by atoms with van der Waals surface area (Å²) in [5, 5.41) is 3.28. The molecule has 0 amide bonds. The second-order valence-electron chi connectivity index (χ2n) is 3.67. The minimum Gasteiger partial charge on any atom is -0.488 e. The maximum Gasteiger partial charge on any atom is 0.133 e. The Hall–Kier alpha value is -0.540. The number of rotatable bonds is 2. The molecule has 2 nitrogen and oxygen atoms in total. The molecule has 0 bridgehead atoms. The van der Waals surface area contributed by atoms with Gasteiger partial charge in [-0.05, 0) is 53.5 Å². The molecule has 0 aromatic heterocycles. The van der Waals surface area contributed by atoms with E-state index in [1.165, 1.54) is 5.56 Å². The molecule has 1 atom stereocenters. The molecule has 76 valence electrons. The van der Waals surface area contributed by atoms with Crippen molar-refractivity contribution in [3.05, 3.63) is 28.2 Å². The minimum atomic E-state index is 0.328. The Balaban J connectivity index is 2.08. The average Bonchev–Trinajstić information content (AvgIpc) is 2.62. The van der Waals surface area contributed by atoms with Crippen molar-refractivity contribution in [2.75, 3.05) is 13.1 Å². The summed E-state index contributed by atoms with van der Waals surface area (Å²) in [5.41, 5.74) is 1.24. The molecular formula is C11H14BrNO. The summed E-state index contributed by atoms with van der Waals surface area (Å²) in [7, 11) is 0. The van der Waals surface area contributed by atoms with E-state index < -0.39 is 0 Å². The maximum absolute atomic E-state index is 5.85. The monoisotopic (exact) mass is 255 g/mol. The summed E-state index contributed by atoms with van der Waals surface area (Å²) in [6, 6.07) is 6.18. The SMILES string of the molecule is Cc1ccc(O[C@@H]2CCNC2)c(Br)c1. The normalized spacial score (nSPS) is 21.1. The molecule has 1 aromatic rings. The third-order valence-corrected chi connectivity index (χ3v) is 3.02. The summed E-state index contributed by atoms with van der Waals surface area (Å²) in [6.07, 6.45) is 1.43. The Kier molecular flexibility index (Phi) is 3.08. The van der Waals surface area contributed by atoms with Gasteiger partial charge in [0.15, 0.2) is 0 Å². The van der Waals surface area contributed by atoms with Gasteiger partial charge in [0.05, 0.1) is 4.47 Å². The molecule has 1 saturated heterocycles. The van der Waals surface area contributed by atoms with Gasteiger partial charge in [0.1, 0.15) is 11.9 Å². The molecule has 1 aromatic carbocycles. The fourth-order valence-corrected chi connectivity index (χ4v) is 2.20. The van der Waals surface area contributed by atoms with Gasteiger partial charge < -0.3 is 10.1 Å². The van der Waals surface area contributed by atoms with Gasteiger partial charge in [0.2, 0.25) is 0 Å². The first-order valence-electron chi connectivity index (χ1n) is 4.89. The first kappa shape index (κ1) is 9.99. The molecule has 1 heterocycles. The Morgan fingerprint density at radius 3 is 3.00 bits per heavy atom. The molecule has 0 radical (unpaired) electrons. The largest absolute Gasteiger partial charge is 0.488 e. The van der Waals surface area contributed by atoms with E-state index in [0.717, 1.165) is 29.7 Å². The van der Waals surface area contributed by atoms with Crippen LogP contribution in [0.5, 0.6) is 5.75 Å². The van der Waals surface area contributed by atoms with Crippen LogP contribution in [0, 0.1) is 6.92 Å². The van der Waals surface area contributed by atoms with Crippen molar-refractivity contribution in [1.82, 2.24) is 5.32 Å². The van der Waals surface area contributed by atoms with E-state index in [1.807, 2.05) is 6.07 Å². The lowest BCUT2D eigenvalue weighted by Gasteiger charge is -2.13. The van der Waals surface area contributed by atoms with E-state index in [-0.39, 0.29) is 0 Å². The Labute approximate surface area is 92.8 Å². The van der Waals surface area contributed by atoms with Crippen molar-refractivity contribution in [3.8, 4) is 5.75 Å². The third-order valence-electron chi connectivity index (χ3n) is 2.40. The number of ether oxygens (including phenoxy) is 1. The van der Waals surface area contributed by atoms with E-state index in [1.54, 1.807) is 0 Å². The Bertz CT molecular complexity index is 321. The zero-order valence-electron chi connectivity index (χ0n) is 8.22. The fraction of sp³-hybridized carbons (Fsp3) is 0.455. The number of hydrogen-bond donors (Lipinski definition) is 1. The van der Waals surface area contributed by atoms with Gasteiger partial charge in [-0.1, -0.05) is 6.07 Å². The lowest BCUT2D eigenvalue weighted by molar-refractivity contribution is 0.221. The summed E-state index contributed by atoms with van der Waals surface area (Å²) in [5.74, 6) is 0.948. The highest BCUT2D eigenvalue weighted by Gasteiger charge is 2.16. The second-order valence-corrected chi connectivity index (χ2v) is 4.52. The Morgan fingerprint density at radius 2 is 2.36 bits per heavy atom. The van der Waals surface area contributed by atoms with E-state index in [4.69, 9.17) is 4.74 Å². The number of benzene rings is 1. The van der Waals surface area contributed by atoms with Crippen LogP contribution in [0.3, 0.4) is 0 Å².